The number of thioether (sulfide) groups is 1. The third kappa shape index (κ3) is 3.15. The lowest BCUT2D eigenvalue weighted by Gasteiger charge is -2.00. The van der Waals surface area contributed by atoms with Crippen LogP contribution < -0.4 is 0 Å². The van der Waals surface area contributed by atoms with E-state index in [9.17, 15) is 0 Å². The summed E-state index contributed by atoms with van der Waals surface area (Å²) in [4.78, 5) is 1.92. The molecule has 0 amide bonds. The molecule has 0 radical (unpaired) electrons. The van der Waals surface area contributed by atoms with Crippen molar-refractivity contribution in [1.82, 2.24) is 19.8 Å². The highest BCUT2D eigenvalue weighted by Crippen LogP contribution is 2.33. The fraction of sp³-hybridized carbons (Fsp3) is 0.0625. The molecule has 2 heterocycles. The summed E-state index contributed by atoms with van der Waals surface area (Å²) in [6.07, 6.45) is 0. The monoisotopic (exact) mass is 392 g/mol. The maximum Gasteiger partial charge on any atom is 0.235 e. The second kappa shape index (κ2) is 6.72. The highest BCUT2D eigenvalue weighted by Gasteiger charge is 2.15. The molecule has 8 heteroatoms. The van der Waals surface area contributed by atoms with E-state index in [1.165, 1.54) is 16.2 Å². The van der Waals surface area contributed by atoms with E-state index in [2.05, 4.69) is 27.4 Å². The van der Waals surface area contributed by atoms with E-state index < -0.39 is 0 Å². The lowest BCUT2D eigenvalue weighted by Crippen LogP contribution is -1.94. The first-order chi connectivity index (χ1) is 11.7. The molecule has 0 atom stereocenters. The van der Waals surface area contributed by atoms with Crippen LogP contribution >= 0.6 is 46.3 Å². The van der Waals surface area contributed by atoms with Crippen LogP contribution in [0.25, 0.3) is 15.5 Å². The van der Waals surface area contributed by atoms with Gasteiger partial charge in [-0.1, -0.05) is 52.7 Å². The number of nitrogens with zero attached hydrogens (tertiary/aromatic N) is 4. The van der Waals surface area contributed by atoms with E-state index in [-0.39, 0.29) is 0 Å². The Bertz CT molecular complexity index is 998. The van der Waals surface area contributed by atoms with Crippen molar-refractivity contribution >= 4 is 51.3 Å². The lowest BCUT2D eigenvalue weighted by atomic mass is 10.2. The molecule has 0 saturated heterocycles. The lowest BCUT2D eigenvalue weighted by molar-refractivity contribution is 0.887. The smallest absolute Gasteiger partial charge is 0.186 e. The van der Waals surface area contributed by atoms with Crippen LogP contribution in [0.3, 0.4) is 0 Å². The van der Waals surface area contributed by atoms with Crippen molar-refractivity contribution in [3.63, 3.8) is 0 Å². The van der Waals surface area contributed by atoms with E-state index in [0.29, 0.717) is 15.8 Å². The fourth-order valence-corrected chi connectivity index (χ4v) is 4.33. The largest absolute Gasteiger partial charge is 0.235 e. The van der Waals surface area contributed by atoms with E-state index in [0.717, 1.165) is 21.4 Å². The van der Waals surface area contributed by atoms with Gasteiger partial charge in [-0.2, -0.15) is 9.61 Å². The Hall–Kier alpha value is -1.60. The van der Waals surface area contributed by atoms with Crippen LogP contribution in [0.1, 0.15) is 5.82 Å². The average molecular weight is 393 g/mol. The van der Waals surface area contributed by atoms with Crippen molar-refractivity contribution in [2.45, 2.75) is 10.6 Å². The molecule has 0 fully saturated rings. The van der Waals surface area contributed by atoms with Gasteiger partial charge in [0.25, 0.3) is 0 Å². The van der Waals surface area contributed by atoms with Gasteiger partial charge in [0.05, 0.1) is 10.8 Å². The standard InChI is InChI=1S/C16H10Cl2N4S2/c17-10-6-7-13(18)12(8-10)15-21-22-14(19-20-16(22)24-15)9-23-11-4-2-1-3-5-11/h1-8H,9H2. The average Bonchev–Trinajstić information content (AvgIpc) is 3.17. The van der Waals surface area contributed by atoms with Crippen LogP contribution in [0.5, 0.6) is 0 Å². The Kier molecular flexibility index (Phi) is 4.45. The predicted molar refractivity (Wildman–Crippen MR) is 100 cm³/mol. The molecule has 0 N–H and O–H groups in total. The summed E-state index contributed by atoms with van der Waals surface area (Å²) < 4.78 is 1.77. The minimum absolute atomic E-state index is 0.615. The quantitative estimate of drug-likeness (QED) is 0.433. The molecule has 4 nitrogen and oxygen atoms in total. The Balaban J connectivity index is 1.65. The number of fused-ring (bicyclic) bond motifs is 1. The second-order valence-electron chi connectivity index (χ2n) is 4.94. The van der Waals surface area contributed by atoms with Crippen LogP contribution in [0.2, 0.25) is 10.0 Å². The highest BCUT2D eigenvalue weighted by atomic mass is 35.5. The summed E-state index contributed by atoms with van der Waals surface area (Å²) in [5.41, 5.74) is 0.807. The maximum atomic E-state index is 6.26. The molecular formula is C16H10Cl2N4S2. The van der Waals surface area contributed by atoms with Crippen LogP contribution in [0.15, 0.2) is 53.4 Å². The first-order valence-corrected chi connectivity index (χ1v) is 9.61. The number of halogens is 2. The van der Waals surface area contributed by atoms with E-state index in [1.54, 1.807) is 28.4 Å². The zero-order chi connectivity index (χ0) is 16.5. The molecule has 24 heavy (non-hydrogen) atoms. The summed E-state index contributed by atoms with van der Waals surface area (Å²) in [6, 6.07) is 15.5. The van der Waals surface area contributed by atoms with Crippen LogP contribution in [-0.4, -0.2) is 19.8 Å². The van der Waals surface area contributed by atoms with E-state index in [1.807, 2.05) is 24.3 Å². The van der Waals surface area contributed by atoms with Crippen LogP contribution in [0.4, 0.5) is 0 Å². The molecule has 0 saturated carbocycles. The van der Waals surface area contributed by atoms with Crippen molar-refractivity contribution in [2.75, 3.05) is 0 Å². The summed E-state index contributed by atoms with van der Waals surface area (Å²) in [5.74, 6) is 1.50. The predicted octanol–water partition coefficient (Wildman–Crippen LogP) is 5.45. The third-order valence-electron chi connectivity index (χ3n) is 3.33. The maximum absolute atomic E-state index is 6.26. The Morgan fingerprint density at radius 1 is 1.04 bits per heavy atom. The number of hydrogen-bond donors (Lipinski definition) is 0. The summed E-state index contributed by atoms with van der Waals surface area (Å²) in [7, 11) is 0. The third-order valence-corrected chi connectivity index (χ3v) is 5.83. The van der Waals surface area contributed by atoms with Crippen molar-refractivity contribution in [3.05, 3.63) is 64.4 Å². The van der Waals surface area contributed by atoms with Gasteiger partial charge in [0, 0.05) is 15.5 Å². The summed E-state index contributed by atoms with van der Waals surface area (Å²) in [5, 5.41) is 15.1. The van der Waals surface area contributed by atoms with Crippen LogP contribution in [-0.2, 0) is 5.75 Å². The first-order valence-electron chi connectivity index (χ1n) is 7.05. The molecule has 4 rings (SSSR count). The minimum atomic E-state index is 0.615. The fourth-order valence-electron chi connectivity index (χ4n) is 2.18. The van der Waals surface area contributed by atoms with Crippen molar-refractivity contribution in [1.29, 1.82) is 0 Å². The number of aromatic nitrogens is 4. The second-order valence-corrected chi connectivity index (χ2v) is 7.79. The van der Waals surface area contributed by atoms with Gasteiger partial charge in [0.1, 0.15) is 5.01 Å². The van der Waals surface area contributed by atoms with Gasteiger partial charge >= 0.3 is 0 Å². The summed E-state index contributed by atoms with van der Waals surface area (Å²) in [6.45, 7) is 0. The SMILES string of the molecule is Clc1ccc(Cl)c(-c2nn3c(CSc4ccccc4)nnc3s2)c1. The number of benzene rings is 2. The Morgan fingerprint density at radius 2 is 1.88 bits per heavy atom. The van der Waals surface area contributed by atoms with Gasteiger partial charge in [-0.25, -0.2) is 0 Å². The van der Waals surface area contributed by atoms with Crippen molar-refractivity contribution < 1.29 is 0 Å². The molecule has 0 bridgehead atoms. The van der Waals surface area contributed by atoms with Gasteiger partial charge in [-0.3, -0.25) is 0 Å². The first kappa shape index (κ1) is 15.9. The summed E-state index contributed by atoms with van der Waals surface area (Å²) >= 11 is 15.5. The molecule has 120 valence electrons. The molecule has 0 aliphatic rings. The molecule has 4 aromatic rings. The van der Waals surface area contributed by atoms with Gasteiger partial charge in [0.15, 0.2) is 5.82 Å². The molecule has 2 aromatic carbocycles. The van der Waals surface area contributed by atoms with Gasteiger partial charge < -0.3 is 0 Å². The Labute approximate surface area is 156 Å². The minimum Gasteiger partial charge on any atom is -0.186 e. The number of rotatable bonds is 4. The molecule has 0 spiro atoms. The zero-order valence-corrected chi connectivity index (χ0v) is 15.3. The Morgan fingerprint density at radius 3 is 2.71 bits per heavy atom. The normalized spacial score (nSPS) is 11.2. The van der Waals surface area contributed by atoms with Gasteiger partial charge in [0.2, 0.25) is 4.96 Å². The molecular weight excluding hydrogens is 383 g/mol. The van der Waals surface area contributed by atoms with Crippen molar-refractivity contribution in [2.24, 2.45) is 0 Å². The van der Waals surface area contributed by atoms with Crippen LogP contribution in [0, 0.1) is 0 Å². The molecule has 0 unspecified atom stereocenters. The molecule has 0 aliphatic carbocycles. The molecule has 2 aromatic heterocycles. The zero-order valence-electron chi connectivity index (χ0n) is 12.2. The van der Waals surface area contributed by atoms with Gasteiger partial charge in [-0.15, -0.1) is 22.0 Å². The van der Waals surface area contributed by atoms with E-state index >= 15 is 0 Å². The van der Waals surface area contributed by atoms with Crippen molar-refractivity contribution in [3.8, 4) is 10.6 Å². The topological polar surface area (TPSA) is 43.1 Å². The highest BCUT2D eigenvalue weighted by molar-refractivity contribution is 7.98. The molecule has 0 aliphatic heterocycles. The van der Waals surface area contributed by atoms with Gasteiger partial charge in [-0.05, 0) is 30.3 Å². The van der Waals surface area contributed by atoms with E-state index in [4.69, 9.17) is 23.2 Å². The number of hydrogen-bond acceptors (Lipinski definition) is 5.